The number of hydrogen-bond acceptors (Lipinski definition) is 3. The third-order valence-corrected chi connectivity index (χ3v) is 1.84. The van der Waals surface area contributed by atoms with Crippen LogP contribution in [0.1, 0.15) is 39.0 Å². The third-order valence-electron chi connectivity index (χ3n) is 1.84. The van der Waals surface area contributed by atoms with Crippen molar-refractivity contribution in [3.05, 3.63) is 0 Å². The highest BCUT2D eigenvalue weighted by Crippen LogP contribution is 2.02. The maximum atomic E-state index is 10.6. The van der Waals surface area contributed by atoms with Gasteiger partial charge >= 0.3 is 5.97 Å². The van der Waals surface area contributed by atoms with Gasteiger partial charge in [0.25, 0.3) is 0 Å². The van der Waals surface area contributed by atoms with Crippen LogP contribution >= 0.6 is 0 Å². The predicted molar refractivity (Wildman–Crippen MR) is 51.6 cm³/mol. The summed E-state index contributed by atoms with van der Waals surface area (Å²) in [7, 11) is 1.37. The Morgan fingerprint density at radius 1 is 1.15 bits per heavy atom. The Morgan fingerprint density at radius 2 is 1.85 bits per heavy atom. The predicted octanol–water partition coefficient (Wildman–Crippen LogP) is 2.15. The van der Waals surface area contributed by atoms with E-state index in [2.05, 4.69) is 11.7 Å². The first-order valence-electron chi connectivity index (χ1n) is 4.95. The molecular weight excluding hydrogens is 168 g/mol. The summed E-state index contributed by atoms with van der Waals surface area (Å²) in [6, 6.07) is 0. The Bertz CT molecular complexity index is 123. The van der Waals surface area contributed by atoms with Crippen molar-refractivity contribution in [3.8, 4) is 0 Å². The lowest BCUT2D eigenvalue weighted by molar-refractivity contribution is -0.145. The van der Waals surface area contributed by atoms with E-state index in [1.54, 1.807) is 0 Å². The van der Waals surface area contributed by atoms with Crippen molar-refractivity contribution >= 4 is 5.97 Å². The molecule has 0 aliphatic carbocycles. The molecule has 78 valence electrons. The van der Waals surface area contributed by atoms with Crippen molar-refractivity contribution in [2.24, 2.45) is 0 Å². The Balaban J connectivity index is 2.95. The van der Waals surface area contributed by atoms with Crippen molar-refractivity contribution in [3.63, 3.8) is 0 Å². The van der Waals surface area contributed by atoms with E-state index in [4.69, 9.17) is 4.74 Å². The van der Waals surface area contributed by atoms with E-state index >= 15 is 0 Å². The maximum Gasteiger partial charge on any atom is 0.331 e. The summed E-state index contributed by atoms with van der Waals surface area (Å²) < 4.78 is 9.52. The number of carbonyl (C=O) groups excluding carboxylic acids is 1. The standard InChI is InChI=1S/C10H20O3/c1-3-4-5-6-7-8-13-9-10(11)12-2/h3-9H2,1-2H3. The molecule has 0 bridgehead atoms. The molecule has 0 aliphatic rings. The van der Waals surface area contributed by atoms with E-state index in [0.29, 0.717) is 6.61 Å². The summed E-state index contributed by atoms with van der Waals surface area (Å²) in [5, 5.41) is 0. The summed E-state index contributed by atoms with van der Waals surface area (Å²) in [5.41, 5.74) is 0. The summed E-state index contributed by atoms with van der Waals surface area (Å²) >= 11 is 0. The number of carbonyl (C=O) groups is 1. The monoisotopic (exact) mass is 188 g/mol. The molecule has 3 heteroatoms. The minimum atomic E-state index is -0.298. The Labute approximate surface area is 80.4 Å². The molecule has 0 aromatic heterocycles. The van der Waals surface area contributed by atoms with Gasteiger partial charge in [-0.15, -0.1) is 0 Å². The van der Waals surface area contributed by atoms with Gasteiger partial charge in [0.1, 0.15) is 6.61 Å². The summed E-state index contributed by atoms with van der Waals surface area (Å²) in [6.07, 6.45) is 6.03. The van der Waals surface area contributed by atoms with E-state index < -0.39 is 0 Å². The zero-order valence-corrected chi connectivity index (χ0v) is 8.67. The average Bonchev–Trinajstić information content (AvgIpc) is 2.16. The molecule has 0 spiro atoms. The first-order chi connectivity index (χ1) is 6.31. The van der Waals surface area contributed by atoms with Crippen LogP contribution in [0.5, 0.6) is 0 Å². The summed E-state index contributed by atoms with van der Waals surface area (Å²) in [5.74, 6) is -0.298. The lowest BCUT2D eigenvalue weighted by atomic mass is 10.2. The van der Waals surface area contributed by atoms with Gasteiger partial charge in [0.15, 0.2) is 0 Å². The SMILES string of the molecule is CCCCCCCOCC(=O)OC. The fourth-order valence-corrected chi connectivity index (χ4v) is 1.02. The Morgan fingerprint density at radius 3 is 2.46 bits per heavy atom. The van der Waals surface area contributed by atoms with Gasteiger partial charge in [-0.25, -0.2) is 4.79 Å². The van der Waals surface area contributed by atoms with E-state index in [1.165, 1.54) is 32.8 Å². The van der Waals surface area contributed by atoms with Crippen molar-refractivity contribution in [1.29, 1.82) is 0 Å². The van der Waals surface area contributed by atoms with Crippen LogP contribution in [0.3, 0.4) is 0 Å². The second kappa shape index (κ2) is 9.52. The molecule has 0 aliphatic heterocycles. The maximum absolute atomic E-state index is 10.6. The lowest BCUT2D eigenvalue weighted by Crippen LogP contribution is -2.10. The van der Waals surface area contributed by atoms with Crippen LogP contribution in [-0.2, 0) is 14.3 Å². The largest absolute Gasteiger partial charge is 0.467 e. The third kappa shape index (κ3) is 9.34. The fraction of sp³-hybridized carbons (Fsp3) is 0.900. The van der Waals surface area contributed by atoms with Crippen LogP contribution < -0.4 is 0 Å². The second-order valence-electron chi connectivity index (χ2n) is 3.04. The average molecular weight is 188 g/mol. The number of methoxy groups -OCH3 is 1. The van der Waals surface area contributed by atoms with E-state index in [1.807, 2.05) is 0 Å². The van der Waals surface area contributed by atoms with Gasteiger partial charge in [-0.3, -0.25) is 0 Å². The molecule has 0 fully saturated rings. The van der Waals surface area contributed by atoms with Gasteiger partial charge in [-0.05, 0) is 6.42 Å². The minimum absolute atomic E-state index is 0.0876. The molecule has 0 saturated carbocycles. The molecule has 3 nitrogen and oxygen atoms in total. The molecule has 0 amide bonds. The molecule has 0 radical (unpaired) electrons. The normalized spacial score (nSPS) is 10.0. The molecule has 0 aromatic rings. The molecule has 0 saturated heterocycles. The van der Waals surface area contributed by atoms with Crippen LogP contribution in [-0.4, -0.2) is 26.3 Å². The molecule has 0 rings (SSSR count). The highest BCUT2D eigenvalue weighted by Gasteiger charge is 1.98. The fourth-order valence-electron chi connectivity index (χ4n) is 1.02. The van der Waals surface area contributed by atoms with Crippen molar-refractivity contribution in [2.75, 3.05) is 20.3 Å². The van der Waals surface area contributed by atoms with Gasteiger partial charge in [0.05, 0.1) is 7.11 Å². The molecule has 0 heterocycles. The topological polar surface area (TPSA) is 35.5 Å². The summed E-state index contributed by atoms with van der Waals surface area (Å²) in [6.45, 7) is 2.94. The van der Waals surface area contributed by atoms with Gasteiger partial charge in [-0.2, -0.15) is 0 Å². The highest BCUT2D eigenvalue weighted by molar-refractivity contribution is 5.70. The number of ether oxygens (including phenoxy) is 2. The smallest absolute Gasteiger partial charge is 0.331 e. The second-order valence-corrected chi connectivity index (χ2v) is 3.04. The molecule has 0 N–H and O–H groups in total. The van der Waals surface area contributed by atoms with E-state index in [9.17, 15) is 4.79 Å². The molecular formula is C10H20O3. The molecule has 13 heavy (non-hydrogen) atoms. The molecule has 0 atom stereocenters. The van der Waals surface area contributed by atoms with Crippen molar-refractivity contribution in [1.82, 2.24) is 0 Å². The number of unbranched alkanes of at least 4 members (excludes halogenated alkanes) is 4. The number of esters is 1. The van der Waals surface area contributed by atoms with Gasteiger partial charge in [0.2, 0.25) is 0 Å². The van der Waals surface area contributed by atoms with Gasteiger partial charge in [-0.1, -0.05) is 32.6 Å². The number of hydrogen-bond donors (Lipinski definition) is 0. The zero-order valence-electron chi connectivity index (χ0n) is 8.67. The first-order valence-corrected chi connectivity index (χ1v) is 4.95. The van der Waals surface area contributed by atoms with Crippen LogP contribution in [0, 0.1) is 0 Å². The Kier molecular flexibility index (Phi) is 9.10. The molecule has 0 unspecified atom stereocenters. The quantitative estimate of drug-likeness (QED) is 0.432. The Hall–Kier alpha value is -0.570. The zero-order chi connectivity index (χ0) is 9.94. The van der Waals surface area contributed by atoms with Gasteiger partial charge in [0, 0.05) is 6.61 Å². The van der Waals surface area contributed by atoms with E-state index in [0.717, 1.165) is 6.42 Å². The van der Waals surface area contributed by atoms with Crippen LogP contribution in [0.2, 0.25) is 0 Å². The highest BCUT2D eigenvalue weighted by atomic mass is 16.6. The summed E-state index contributed by atoms with van der Waals surface area (Å²) in [4.78, 5) is 10.6. The van der Waals surface area contributed by atoms with Crippen LogP contribution in [0.4, 0.5) is 0 Å². The minimum Gasteiger partial charge on any atom is -0.467 e. The first kappa shape index (κ1) is 12.4. The number of rotatable bonds is 8. The van der Waals surface area contributed by atoms with Crippen molar-refractivity contribution < 1.29 is 14.3 Å². The van der Waals surface area contributed by atoms with Crippen LogP contribution in [0.15, 0.2) is 0 Å². The van der Waals surface area contributed by atoms with Crippen molar-refractivity contribution in [2.45, 2.75) is 39.0 Å². The van der Waals surface area contributed by atoms with Gasteiger partial charge < -0.3 is 9.47 Å². The lowest BCUT2D eigenvalue weighted by Gasteiger charge is -2.02. The van der Waals surface area contributed by atoms with E-state index in [-0.39, 0.29) is 12.6 Å². The molecule has 0 aromatic carbocycles. The van der Waals surface area contributed by atoms with Crippen LogP contribution in [0.25, 0.3) is 0 Å².